The van der Waals surface area contributed by atoms with Crippen LogP contribution in [0.2, 0.25) is 0 Å². The van der Waals surface area contributed by atoms with E-state index in [1.54, 1.807) is 22.9 Å². The number of rotatable bonds is 6. The number of anilines is 1. The van der Waals surface area contributed by atoms with Crippen LogP contribution in [0.3, 0.4) is 0 Å². The van der Waals surface area contributed by atoms with E-state index in [1.807, 2.05) is 0 Å². The average molecular weight is 506 g/mol. The van der Waals surface area contributed by atoms with E-state index >= 15 is 0 Å². The highest BCUT2D eigenvalue weighted by Crippen LogP contribution is 2.39. The molecule has 2 aromatic rings. The number of fused-ring (bicyclic) bond motifs is 3. The lowest BCUT2D eigenvalue weighted by Crippen LogP contribution is -2.62. The van der Waals surface area contributed by atoms with Gasteiger partial charge in [-0.1, -0.05) is 23.9 Å². The zero-order valence-electron chi connectivity index (χ0n) is 17.1. The van der Waals surface area contributed by atoms with Gasteiger partial charge in [-0.2, -0.15) is 21.6 Å². The molecule has 2 unspecified atom stereocenters. The van der Waals surface area contributed by atoms with Gasteiger partial charge in [0.15, 0.2) is 0 Å². The molecule has 1 amide bonds. The molecule has 3 fully saturated rings. The van der Waals surface area contributed by atoms with Crippen molar-refractivity contribution in [2.75, 3.05) is 17.8 Å². The van der Waals surface area contributed by atoms with Gasteiger partial charge in [0.2, 0.25) is 0 Å². The summed E-state index contributed by atoms with van der Waals surface area (Å²) in [6.07, 6.45) is 2.15. The van der Waals surface area contributed by atoms with Crippen LogP contribution in [0, 0.1) is 5.92 Å². The molecule has 2 bridgehead atoms. The Labute approximate surface area is 192 Å². The molecule has 1 aromatic heterocycles. The van der Waals surface area contributed by atoms with Crippen molar-refractivity contribution in [2.24, 2.45) is 5.92 Å². The molecule has 0 radical (unpaired) electrons. The van der Waals surface area contributed by atoms with E-state index in [2.05, 4.69) is 17.1 Å². The Morgan fingerprint density at radius 2 is 1.84 bits per heavy atom. The van der Waals surface area contributed by atoms with Gasteiger partial charge in [-0.05, 0) is 63.0 Å². The number of nitrogens with zero attached hydrogens (tertiary/aromatic N) is 1. The summed E-state index contributed by atoms with van der Waals surface area (Å²) >= 11 is 2.31. The maximum absolute atomic E-state index is 12.8. The number of piperidine rings is 3. The van der Waals surface area contributed by atoms with Crippen LogP contribution in [0.15, 0.2) is 45.5 Å². The van der Waals surface area contributed by atoms with Gasteiger partial charge in [0, 0.05) is 17.0 Å². The molecule has 0 aliphatic carbocycles. The molecule has 12 heteroatoms. The summed E-state index contributed by atoms with van der Waals surface area (Å²) in [6, 6.07) is 9.60. The van der Waals surface area contributed by atoms with Crippen molar-refractivity contribution in [2.45, 2.75) is 46.5 Å². The Balaban J connectivity index is 1.46. The predicted molar refractivity (Wildman–Crippen MR) is 118 cm³/mol. The molecule has 4 heterocycles. The molecule has 6 nitrogen and oxygen atoms in total. The standard InChI is InChI=1S/C20H22F3N3O3S3/c1-12-18(13-8-10-26(12)11-9-13)24-19(27)16-6-7-17(31-16)30-15-5-3-2-4-14(15)25-32(28,29)20(21,22)23/h2-7,12-13,18,25H,8-11H2,1H3,(H,24,27). The summed E-state index contributed by atoms with van der Waals surface area (Å²) in [5, 5.41) is 3.16. The SMILES string of the molecule is CC1C(NC(=O)c2ccc(Sc3ccccc3NS(=O)(=O)C(F)(F)F)s2)C2CCN1CC2. The van der Waals surface area contributed by atoms with Crippen LogP contribution in [-0.4, -0.2) is 49.9 Å². The van der Waals surface area contributed by atoms with Crippen LogP contribution < -0.4 is 10.0 Å². The number of carbonyl (C=O) groups is 1. The Bertz CT molecular complexity index is 1090. The van der Waals surface area contributed by atoms with Crippen molar-refractivity contribution in [1.29, 1.82) is 0 Å². The number of thiophene rings is 1. The van der Waals surface area contributed by atoms with Crippen molar-refractivity contribution < 1.29 is 26.4 Å². The maximum atomic E-state index is 12.8. The first-order valence-electron chi connectivity index (χ1n) is 10.1. The Hall–Kier alpha value is -1.76. The summed E-state index contributed by atoms with van der Waals surface area (Å²) < 4.78 is 63.5. The van der Waals surface area contributed by atoms with E-state index in [0.29, 0.717) is 19.9 Å². The van der Waals surface area contributed by atoms with Crippen LogP contribution in [0.4, 0.5) is 18.9 Å². The van der Waals surface area contributed by atoms with Gasteiger partial charge >= 0.3 is 15.5 Å². The summed E-state index contributed by atoms with van der Waals surface area (Å²) in [5.41, 5.74) is -5.58. The monoisotopic (exact) mass is 505 g/mol. The molecule has 174 valence electrons. The number of para-hydroxylation sites is 1. The first kappa shape index (κ1) is 23.4. The van der Waals surface area contributed by atoms with Crippen molar-refractivity contribution >= 4 is 44.7 Å². The molecule has 2 N–H and O–H groups in total. The average Bonchev–Trinajstić information content (AvgIpc) is 3.20. The van der Waals surface area contributed by atoms with Gasteiger partial charge in [-0.15, -0.1) is 11.3 Å². The maximum Gasteiger partial charge on any atom is 0.516 e. The van der Waals surface area contributed by atoms with Crippen LogP contribution in [-0.2, 0) is 10.0 Å². The normalized spacial score (nSPS) is 25.5. The smallest absolute Gasteiger partial charge is 0.347 e. The van der Waals surface area contributed by atoms with E-state index in [1.165, 1.54) is 29.5 Å². The molecule has 5 rings (SSSR count). The third kappa shape index (κ3) is 4.78. The second kappa shape index (κ2) is 8.88. The van der Waals surface area contributed by atoms with Crippen molar-refractivity contribution in [3.63, 3.8) is 0 Å². The van der Waals surface area contributed by atoms with Gasteiger partial charge in [0.05, 0.1) is 14.8 Å². The molecule has 1 aromatic carbocycles. The fourth-order valence-electron chi connectivity index (χ4n) is 4.22. The van der Waals surface area contributed by atoms with E-state index in [-0.39, 0.29) is 23.7 Å². The number of alkyl halides is 3. The number of carbonyl (C=O) groups excluding carboxylic acids is 1. The second-order valence-corrected chi connectivity index (χ2v) is 12.0. The molecular formula is C20H22F3N3O3S3. The van der Waals surface area contributed by atoms with Crippen molar-refractivity contribution in [3.05, 3.63) is 41.3 Å². The van der Waals surface area contributed by atoms with E-state index in [0.717, 1.165) is 37.7 Å². The molecule has 3 aliphatic heterocycles. The van der Waals surface area contributed by atoms with Crippen LogP contribution >= 0.6 is 23.1 Å². The minimum atomic E-state index is -5.53. The van der Waals surface area contributed by atoms with E-state index < -0.39 is 15.5 Å². The van der Waals surface area contributed by atoms with Crippen molar-refractivity contribution in [3.8, 4) is 0 Å². The fourth-order valence-corrected chi connectivity index (χ4v) is 6.94. The largest absolute Gasteiger partial charge is 0.516 e. The van der Waals surface area contributed by atoms with E-state index in [4.69, 9.17) is 0 Å². The zero-order chi connectivity index (χ0) is 23.1. The number of sulfonamides is 1. The highest BCUT2D eigenvalue weighted by atomic mass is 32.2. The third-order valence-electron chi connectivity index (χ3n) is 5.93. The number of hydrogen-bond donors (Lipinski definition) is 2. The van der Waals surface area contributed by atoms with Gasteiger partial charge in [0.25, 0.3) is 5.91 Å². The van der Waals surface area contributed by atoms with Gasteiger partial charge in [0.1, 0.15) is 0 Å². The Kier molecular flexibility index (Phi) is 6.49. The van der Waals surface area contributed by atoms with Gasteiger partial charge in [-0.25, -0.2) is 0 Å². The first-order valence-corrected chi connectivity index (χ1v) is 13.2. The Morgan fingerprint density at radius 3 is 2.50 bits per heavy atom. The highest BCUT2D eigenvalue weighted by molar-refractivity contribution is 8.01. The number of halogens is 3. The summed E-state index contributed by atoms with van der Waals surface area (Å²) in [4.78, 5) is 16.0. The molecule has 3 aliphatic rings. The van der Waals surface area contributed by atoms with Crippen molar-refractivity contribution in [1.82, 2.24) is 10.2 Å². The van der Waals surface area contributed by atoms with Gasteiger partial charge < -0.3 is 5.32 Å². The summed E-state index contributed by atoms with van der Waals surface area (Å²) in [6.45, 7) is 4.26. The lowest BCUT2D eigenvalue weighted by molar-refractivity contribution is -0.0429. The summed E-state index contributed by atoms with van der Waals surface area (Å²) in [5.74, 6) is 0.305. The number of benzene rings is 1. The second-order valence-electron chi connectivity index (χ2n) is 7.88. The lowest BCUT2D eigenvalue weighted by Gasteiger charge is -2.49. The van der Waals surface area contributed by atoms with Crippen LogP contribution in [0.1, 0.15) is 29.4 Å². The zero-order valence-corrected chi connectivity index (χ0v) is 19.5. The van der Waals surface area contributed by atoms with Crippen LogP contribution in [0.5, 0.6) is 0 Å². The number of amides is 1. The first-order chi connectivity index (χ1) is 15.0. The molecule has 32 heavy (non-hydrogen) atoms. The molecule has 0 spiro atoms. The molecule has 3 saturated heterocycles. The highest BCUT2D eigenvalue weighted by Gasteiger charge is 2.46. The fraction of sp³-hybridized carbons (Fsp3) is 0.450. The molecular weight excluding hydrogens is 483 g/mol. The quantitative estimate of drug-likeness (QED) is 0.610. The summed E-state index contributed by atoms with van der Waals surface area (Å²) in [7, 11) is -5.53. The minimum absolute atomic E-state index is 0.0979. The number of nitrogens with one attached hydrogen (secondary N) is 2. The number of hydrogen-bond acceptors (Lipinski definition) is 6. The van der Waals surface area contributed by atoms with E-state index in [9.17, 15) is 26.4 Å². The lowest BCUT2D eigenvalue weighted by atomic mass is 9.79. The molecule has 2 atom stereocenters. The third-order valence-corrected chi connectivity index (χ3v) is 9.32. The topological polar surface area (TPSA) is 78.5 Å². The minimum Gasteiger partial charge on any atom is -0.347 e. The molecule has 0 saturated carbocycles. The van der Waals surface area contributed by atoms with Crippen LogP contribution in [0.25, 0.3) is 0 Å². The van der Waals surface area contributed by atoms with Gasteiger partial charge in [-0.3, -0.25) is 14.4 Å². The Morgan fingerprint density at radius 1 is 1.16 bits per heavy atom. The predicted octanol–water partition coefficient (Wildman–Crippen LogP) is 4.37.